The van der Waals surface area contributed by atoms with E-state index in [1.807, 2.05) is 0 Å². The number of rotatable bonds is 6. The Labute approximate surface area is 103 Å². The zero-order valence-corrected chi connectivity index (χ0v) is 10.0. The Kier molecular flexibility index (Phi) is 7.58. The summed E-state index contributed by atoms with van der Waals surface area (Å²) < 4.78 is 8.79. The van der Waals surface area contributed by atoms with Gasteiger partial charge < -0.3 is 20.1 Å². The Morgan fingerprint density at radius 3 is 2.22 bits per heavy atom. The summed E-state index contributed by atoms with van der Waals surface area (Å²) in [5, 5.41) is 4.49. The molecule has 0 aromatic rings. The molecule has 0 heterocycles. The fraction of sp³-hybridized carbons (Fsp3) is 0.400. The van der Waals surface area contributed by atoms with Crippen molar-refractivity contribution in [3.8, 4) is 0 Å². The molecular formula is C10H14N2O6. The lowest BCUT2D eigenvalue weighted by molar-refractivity contribution is -0.141. The van der Waals surface area contributed by atoms with Crippen LogP contribution in [0.15, 0.2) is 12.2 Å². The maximum absolute atomic E-state index is 11.0. The van der Waals surface area contributed by atoms with Gasteiger partial charge in [0.25, 0.3) is 0 Å². The van der Waals surface area contributed by atoms with Crippen molar-refractivity contribution in [3.63, 3.8) is 0 Å². The smallest absolute Gasteiger partial charge is 0.332 e. The van der Waals surface area contributed by atoms with Gasteiger partial charge in [-0.05, 0) is 0 Å². The topological polar surface area (TPSA) is 111 Å². The lowest BCUT2D eigenvalue weighted by Gasteiger charge is -2.05. The molecule has 0 aliphatic rings. The first kappa shape index (κ1) is 15.6. The van der Waals surface area contributed by atoms with Gasteiger partial charge in [0, 0.05) is 19.1 Å². The first-order chi connectivity index (χ1) is 8.45. The second-order valence-electron chi connectivity index (χ2n) is 2.97. The molecule has 2 amide bonds. The summed E-state index contributed by atoms with van der Waals surface area (Å²) in [5.41, 5.74) is 0. The first-order valence-electron chi connectivity index (χ1n) is 4.89. The normalized spacial score (nSPS) is 9.67. The van der Waals surface area contributed by atoms with Crippen molar-refractivity contribution in [1.29, 1.82) is 0 Å². The number of ether oxygens (including phenoxy) is 2. The molecule has 0 saturated heterocycles. The molecule has 0 spiro atoms. The molecule has 18 heavy (non-hydrogen) atoms. The SMILES string of the molecule is COC(=O)/C=C/C(=O)OCNC(=O)CNC(C)=O. The summed E-state index contributed by atoms with van der Waals surface area (Å²) >= 11 is 0. The van der Waals surface area contributed by atoms with Gasteiger partial charge in [-0.25, -0.2) is 9.59 Å². The number of hydrogen-bond donors (Lipinski definition) is 2. The molecule has 0 aliphatic heterocycles. The van der Waals surface area contributed by atoms with Crippen LogP contribution < -0.4 is 10.6 Å². The van der Waals surface area contributed by atoms with Gasteiger partial charge in [0.1, 0.15) is 0 Å². The Morgan fingerprint density at radius 1 is 1.06 bits per heavy atom. The standard InChI is InChI=1S/C10H14N2O6/c1-7(13)11-5-8(14)12-6-18-10(16)4-3-9(15)17-2/h3-4H,5-6H2,1-2H3,(H,11,13)(H,12,14)/b4-3+. The minimum Gasteiger partial charge on any atom is -0.466 e. The molecule has 2 N–H and O–H groups in total. The maximum Gasteiger partial charge on any atom is 0.332 e. The number of amides is 2. The third-order valence-electron chi connectivity index (χ3n) is 1.54. The van der Waals surface area contributed by atoms with Crippen LogP contribution in [0.5, 0.6) is 0 Å². The van der Waals surface area contributed by atoms with E-state index in [1.54, 1.807) is 0 Å². The summed E-state index contributed by atoms with van der Waals surface area (Å²) in [5.74, 6) is -2.35. The Morgan fingerprint density at radius 2 is 1.67 bits per heavy atom. The molecule has 0 fully saturated rings. The molecule has 8 heteroatoms. The average Bonchev–Trinajstić information content (AvgIpc) is 2.33. The molecule has 100 valence electrons. The van der Waals surface area contributed by atoms with E-state index >= 15 is 0 Å². The van der Waals surface area contributed by atoms with Crippen LogP contribution in [-0.4, -0.2) is 44.1 Å². The highest BCUT2D eigenvalue weighted by Crippen LogP contribution is 1.82. The number of carbonyl (C=O) groups excluding carboxylic acids is 4. The van der Waals surface area contributed by atoms with Crippen molar-refractivity contribution in [2.24, 2.45) is 0 Å². The summed E-state index contributed by atoms with van der Waals surface area (Å²) in [4.78, 5) is 43.1. The Bertz CT molecular complexity index is 363. The largest absolute Gasteiger partial charge is 0.466 e. The monoisotopic (exact) mass is 258 g/mol. The van der Waals surface area contributed by atoms with E-state index in [0.29, 0.717) is 0 Å². The van der Waals surface area contributed by atoms with Crippen molar-refractivity contribution in [2.75, 3.05) is 20.4 Å². The Balaban J connectivity index is 3.74. The number of esters is 2. The molecule has 0 aliphatic carbocycles. The Hall–Kier alpha value is -2.38. The van der Waals surface area contributed by atoms with Crippen molar-refractivity contribution < 1.29 is 28.7 Å². The van der Waals surface area contributed by atoms with Gasteiger partial charge in [0.05, 0.1) is 13.7 Å². The summed E-state index contributed by atoms with van der Waals surface area (Å²) in [6.07, 6.45) is 1.76. The van der Waals surface area contributed by atoms with E-state index in [0.717, 1.165) is 12.2 Å². The highest BCUT2D eigenvalue weighted by Gasteiger charge is 2.03. The van der Waals surface area contributed by atoms with Gasteiger partial charge in [-0.15, -0.1) is 0 Å². The van der Waals surface area contributed by atoms with E-state index in [-0.39, 0.29) is 19.2 Å². The van der Waals surface area contributed by atoms with E-state index in [9.17, 15) is 19.2 Å². The fourth-order valence-electron chi connectivity index (χ4n) is 0.707. The first-order valence-corrected chi connectivity index (χ1v) is 4.89. The van der Waals surface area contributed by atoms with E-state index in [1.165, 1.54) is 14.0 Å². The van der Waals surface area contributed by atoms with Crippen molar-refractivity contribution in [3.05, 3.63) is 12.2 Å². The number of methoxy groups -OCH3 is 1. The van der Waals surface area contributed by atoms with Gasteiger partial charge in [0.15, 0.2) is 6.73 Å². The van der Waals surface area contributed by atoms with Gasteiger partial charge in [-0.2, -0.15) is 0 Å². The predicted molar refractivity (Wildman–Crippen MR) is 58.9 cm³/mol. The molecule has 0 rings (SSSR count). The molecule has 0 radical (unpaired) electrons. The van der Waals surface area contributed by atoms with Gasteiger partial charge in [0.2, 0.25) is 11.8 Å². The average molecular weight is 258 g/mol. The minimum atomic E-state index is -0.805. The second-order valence-corrected chi connectivity index (χ2v) is 2.97. The third-order valence-corrected chi connectivity index (χ3v) is 1.54. The number of carbonyl (C=O) groups is 4. The molecule has 0 aromatic heterocycles. The highest BCUT2D eigenvalue weighted by atomic mass is 16.5. The lowest BCUT2D eigenvalue weighted by Crippen LogP contribution is -2.37. The quantitative estimate of drug-likeness (QED) is 0.339. The van der Waals surface area contributed by atoms with Crippen LogP contribution in [0, 0.1) is 0 Å². The van der Waals surface area contributed by atoms with Gasteiger partial charge in [-0.1, -0.05) is 0 Å². The van der Waals surface area contributed by atoms with Crippen LogP contribution in [0.3, 0.4) is 0 Å². The van der Waals surface area contributed by atoms with Crippen LogP contribution in [0.25, 0.3) is 0 Å². The number of hydrogen-bond acceptors (Lipinski definition) is 6. The number of nitrogens with one attached hydrogen (secondary N) is 2. The van der Waals surface area contributed by atoms with Crippen molar-refractivity contribution in [2.45, 2.75) is 6.92 Å². The summed E-state index contributed by atoms with van der Waals surface area (Å²) in [6, 6.07) is 0. The molecule has 8 nitrogen and oxygen atoms in total. The predicted octanol–water partition coefficient (Wildman–Crippen LogP) is -1.53. The third kappa shape index (κ3) is 8.89. The zero-order chi connectivity index (χ0) is 14.0. The summed E-state index contributed by atoms with van der Waals surface area (Å²) in [7, 11) is 1.17. The minimum absolute atomic E-state index is 0.203. The van der Waals surface area contributed by atoms with Crippen LogP contribution in [0.4, 0.5) is 0 Å². The van der Waals surface area contributed by atoms with Crippen molar-refractivity contribution >= 4 is 23.8 Å². The van der Waals surface area contributed by atoms with Crippen LogP contribution in [-0.2, 0) is 28.7 Å². The summed E-state index contributed by atoms with van der Waals surface area (Å²) in [6.45, 7) is 0.707. The second kappa shape index (κ2) is 8.74. The maximum atomic E-state index is 11.0. The van der Waals surface area contributed by atoms with Crippen molar-refractivity contribution in [1.82, 2.24) is 10.6 Å². The molecule has 0 unspecified atom stereocenters. The lowest BCUT2D eigenvalue weighted by atomic mass is 10.5. The molecule has 0 atom stereocenters. The molecule has 0 aromatic carbocycles. The van der Waals surface area contributed by atoms with Crippen LogP contribution in [0.2, 0.25) is 0 Å². The van der Waals surface area contributed by atoms with E-state index in [2.05, 4.69) is 20.1 Å². The molecule has 0 saturated carbocycles. The van der Waals surface area contributed by atoms with E-state index in [4.69, 9.17) is 0 Å². The fourth-order valence-corrected chi connectivity index (χ4v) is 0.707. The molecular weight excluding hydrogens is 244 g/mol. The van der Waals surface area contributed by atoms with Gasteiger partial charge >= 0.3 is 11.9 Å². The van der Waals surface area contributed by atoms with Crippen LogP contribution in [0.1, 0.15) is 6.92 Å². The highest BCUT2D eigenvalue weighted by molar-refractivity contribution is 5.91. The van der Waals surface area contributed by atoms with Gasteiger partial charge in [-0.3, -0.25) is 9.59 Å². The van der Waals surface area contributed by atoms with Crippen LogP contribution >= 0.6 is 0 Å². The van der Waals surface area contributed by atoms with E-state index < -0.39 is 17.8 Å². The molecule has 0 bridgehead atoms. The zero-order valence-electron chi connectivity index (χ0n) is 10.0.